The summed E-state index contributed by atoms with van der Waals surface area (Å²) in [5, 5.41) is 3.24. The molecule has 3 aliphatic carbocycles. The van der Waals surface area contributed by atoms with Crippen molar-refractivity contribution in [1.82, 2.24) is 0 Å². The number of benzene rings is 2. The van der Waals surface area contributed by atoms with Gasteiger partial charge in [-0.15, -0.1) is 0 Å². The van der Waals surface area contributed by atoms with Crippen LogP contribution >= 0.6 is 15.8 Å². The zero-order valence-electron chi connectivity index (χ0n) is 21.7. The molecule has 184 valence electrons. The summed E-state index contributed by atoms with van der Waals surface area (Å²) in [7, 11) is -0.150. The fourth-order valence-electron chi connectivity index (χ4n) is 7.71. The molecule has 0 N–H and O–H groups in total. The van der Waals surface area contributed by atoms with Crippen LogP contribution in [0.3, 0.4) is 0 Å². The van der Waals surface area contributed by atoms with E-state index in [-0.39, 0.29) is 15.8 Å². The van der Waals surface area contributed by atoms with Gasteiger partial charge in [-0.2, -0.15) is 0 Å². The first kappa shape index (κ1) is 25.0. The van der Waals surface area contributed by atoms with Crippen molar-refractivity contribution in [2.75, 3.05) is 0 Å². The Hall–Kier alpha value is -0.700. The molecule has 0 radical (unpaired) electrons. The summed E-state index contributed by atoms with van der Waals surface area (Å²) in [4.78, 5) is 0. The highest BCUT2D eigenvalue weighted by Gasteiger charge is 2.45. The molecule has 0 aliphatic heterocycles. The number of rotatable bonds is 7. The fraction of sp³-hybridized carbons (Fsp3) is 0.625. The summed E-state index contributed by atoms with van der Waals surface area (Å²) in [5.74, 6) is 0.931. The van der Waals surface area contributed by atoms with Gasteiger partial charge in [0.15, 0.2) is 0 Å². The maximum Gasteiger partial charge on any atom is -0.0123 e. The molecule has 34 heavy (non-hydrogen) atoms. The molecule has 2 aromatic carbocycles. The van der Waals surface area contributed by atoms with Gasteiger partial charge in [0, 0.05) is 0 Å². The Bertz CT molecular complexity index is 863. The average Bonchev–Trinajstić information content (AvgIpc) is 3.37. The standard InChI is InChI=1S/C32H46P2/c1-25-15-12-13-23-31(25)33(27-16-6-3-7-17-27)26(2)30-22-14-24-32(30)34(28-18-8-4-9-19-28)29-20-10-5-11-21-29/h3,6-7,12-13,15-17,23,26,28-30,32H,4-5,8-11,14,18-22,24H2,1-2H3/t26?,30?,32-,33?/m1/s1. The molecule has 3 aliphatic rings. The van der Waals surface area contributed by atoms with E-state index in [9.17, 15) is 0 Å². The lowest BCUT2D eigenvalue weighted by Crippen LogP contribution is -2.34. The molecule has 2 heteroatoms. The van der Waals surface area contributed by atoms with Gasteiger partial charge in [0.05, 0.1) is 0 Å². The van der Waals surface area contributed by atoms with Crippen molar-refractivity contribution < 1.29 is 0 Å². The SMILES string of the molecule is Cc1ccccc1P(c1ccccc1)C(C)C1CCC[C@H]1P(C1CCCCC1)C1CCCCC1. The highest BCUT2D eigenvalue weighted by atomic mass is 31.1. The molecule has 0 bridgehead atoms. The molecule has 3 saturated carbocycles. The van der Waals surface area contributed by atoms with E-state index >= 15 is 0 Å². The van der Waals surface area contributed by atoms with Gasteiger partial charge in [0.25, 0.3) is 0 Å². The summed E-state index contributed by atoms with van der Waals surface area (Å²) in [5.41, 5.74) is 5.50. The molecule has 0 amide bonds. The molecule has 4 atom stereocenters. The number of aryl methyl sites for hydroxylation is 1. The van der Waals surface area contributed by atoms with Crippen molar-refractivity contribution in [3.8, 4) is 0 Å². The summed E-state index contributed by atoms with van der Waals surface area (Å²) in [6.45, 7) is 5.02. The van der Waals surface area contributed by atoms with Gasteiger partial charge < -0.3 is 0 Å². The Morgan fingerprint density at radius 1 is 0.647 bits per heavy atom. The van der Waals surface area contributed by atoms with Crippen molar-refractivity contribution in [2.24, 2.45) is 5.92 Å². The maximum absolute atomic E-state index is 2.67. The van der Waals surface area contributed by atoms with Crippen LogP contribution in [0.4, 0.5) is 0 Å². The quantitative estimate of drug-likeness (QED) is 0.338. The molecule has 0 saturated heterocycles. The van der Waals surface area contributed by atoms with Crippen LogP contribution in [0.25, 0.3) is 0 Å². The zero-order chi connectivity index (χ0) is 23.3. The lowest BCUT2D eigenvalue weighted by Gasteiger charge is -2.46. The first-order valence-electron chi connectivity index (χ1n) is 14.4. The second kappa shape index (κ2) is 12.0. The second-order valence-electron chi connectivity index (χ2n) is 11.4. The largest absolute Gasteiger partial charge is 0.0968 e. The molecule has 0 aromatic heterocycles. The third-order valence-electron chi connectivity index (χ3n) is 9.34. The van der Waals surface area contributed by atoms with Crippen molar-refractivity contribution in [2.45, 2.75) is 120 Å². The predicted molar refractivity (Wildman–Crippen MR) is 155 cm³/mol. The number of hydrogen-bond acceptors (Lipinski definition) is 0. The van der Waals surface area contributed by atoms with Gasteiger partial charge in [-0.1, -0.05) is 114 Å². The summed E-state index contributed by atoms with van der Waals surface area (Å²) < 4.78 is 0. The smallest absolute Gasteiger partial charge is 0.0123 e. The van der Waals surface area contributed by atoms with Crippen LogP contribution in [0.15, 0.2) is 54.6 Å². The zero-order valence-corrected chi connectivity index (χ0v) is 23.5. The Kier molecular flexibility index (Phi) is 8.83. The molecule has 5 rings (SSSR count). The van der Waals surface area contributed by atoms with E-state index in [0.29, 0.717) is 0 Å². The lowest BCUT2D eigenvalue weighted by atomic mass is 9.99. The van der Waals surface area contributed by atoms with Gasteiger partial charge in [-0.05, 0) is 98.1 Å². The third kappa shape index (κ3) is 5.50. The summed E-state index contributed by atoms with van der Waals surface area (Å²) >= 11 is 0. The van der Waals surface area contributed by atoms with E-state index in [4.69, 9.17) is 0 Å². The summed E-state index contributed by atoms with van der Waals surface area (Å²) in [6, 6.07) is 20.9. The lowest BCUT2D eigenvalue weighted by molar-refractivity contribution is 0.469. The van der Waals surface area contributed by atoms with Crippen molar-refractivity contribution in [3.05, 3.63) is 60.2 Å². The maximum atomic E-state index is 2.67. The van der Waals surface area contributed by atoms with Crippen LogP contribution < -0.4 is 10.6 Å². The van der Waals surface area contributed by atoms with Gasteiger partial charge in [-0.3, -0.25) is 0 Å². The Labute approximate surface area is 212 Å². The highest BCUT2D eigenvalue weighted by molar-refractivity contribution is 7.73. The average molecular weight is 493 g/mol. The molecular formula is C32H46P2. The van der Waals surface area contributed by atoms with Crippen LogP contribution in [-0.2, 0) is 0 Å². The minimum Gasteiger partial charge on any atom is -0.0968 e. The molecule has 0 heterocycles. The van der Waals surface area contributed by atoms with Crippen LogP contribution in [0.5, 0.6) is 0 Å². The van der Waals surface area contributed by atoms with E-state index in [1.807, 2.05) is 0 Å². The van der Waals surface area contributed by atoms with Gasteiger partial charge >= 0.3 is 0 Å². The molecule has 3 unspecified atom stereocenters. The van der Waals surface area contributed by atoms with Crippen molar-refractivity contribution >= 4 is 26.5 Å². The molecule has 0 nitrogen and oxygen atoms in total. The Morgan fingerprint density at radius 2 is 1.24 bits per heavy atom. The number of hydrogen-bond donors (Lipinski definition) is 0. The molecule has 0 spiro atoms. The van der Waals surface area contributed by atoms with Crippen LogP contribution in [0, 0.1) is 12.8 Å². The first-order chi connectivity index (χ1) is 16.7. The predicted octanol–water partition coefficient (Wildman–Crippen LogP) is 9.13. The molecule has 3 fully saturated rings. The van der Waals surface area contributed by atoms with E-state index in [1.165, 1.54) is 56.9 Å². The van der Waals surface area contributed by atoms with Crippen molar-refractivity contribution in [3.63, 3.8) is 0 Å². The van der Waals surface area contributed by atoms with Gasteiger partial charge in [0.1, 0.15) is 0 Å². The molecule has 2 aromatic rings. The Morgan fingerprint density at radius 3 is 1.85 bits per heavy atom. The topological polar surface area (TPSA) is 0 Å². The Balaban J connectivity index is 1.48. The monoisotopic (exact) mass is 492 g/mol. The van der Waals surface area contributed by atoms with Crippen LogP contribution in [-0.4, -0.2) is 22.6 Å². The minimum absolute atomic E-state index is 0.170. The first-order valence-corrected chi connectivity index (χ1v) is 17.4. The fourth-order valence-corrected chi connectivity index (χ4v) is 15.9. The third-order valence-corrected chi connectivity index (χ3v) is 16.5. The van der Waals surface area contributed by atoms with Gasteiger partial charge in [0.2, 0.25) is 0 Å². The van der Waals surface area contributed by atoms with Crippen LogP contribution in [0.1, 0.15) is 96.0 Å². The van der Waals surface area contributed by atoms with E-state index in [2.05, 4.69) is 68.4 Å². The summed E-state index contributed by atoms with van der Waals surface area (Å²) in [6.07, 6.45) is 19.8. The van der Waals surface area contributed by atoms with Gasteiger partial charge in [-0.25, -0.2) is 0 Å². The highest BCUT2D eigenvalue weighted by Crippen LogP contribution is 2.65. The molecular weight excluding hydrogens is 446 g/mol. The van der Waals surface area contributed by atoms with E-state index < -0.39 is 0 Å². The van der Waals surface area contributed by atoms with E-state index in [1.54, 1.807) is 42.7 Å². The second-order valence-corrected chi connectivity index (χ2v) is 17.0. The van der Waals surface area contributed by atoms with Crippen molar-refractivity contribution in [1.29, 1.82) is 0 Å². The van der Waals surface area contributed by atoms with Crippen LogP contribution in [0.2, 0.25) is 0 Å². The van der Waals surface area contributed by atoms with E-state index in [0.717, 1.165) is 28.6 Å². The normalized spacial score (nSPS) is 26.6. The minimum atomic E-state index is -0.320.